The van der Waals surface area contributed by atoms with E-state index in [2.05, 4.69) is 5.32 Å². The minimum atomic E-state index is -1.24. The first-order chi connectivity index (χ1) is 12.5. The number of nitrogens with one attached hydrogen (secondary N) is 1. The van der Waals surface area contributed by atoms with Crippen molar-refractivity contribution in [2.24, 2.45) is 0 Å². The van der Waals surface area contributed by atoms with Crippen LogP contribution in [0.4, 0.5) is 4.79 Å². The van der Waals surface area contributed by atoms with Crippen molar-refractivity contribution in [3.05, 3.63) is 23.8 Å². The summed E-state index contributed by atoms with van der Waals surface area (Å²) in [6.45, 7) is 3.88. The number of ether oxygens (including phenoxy) is 2. The molecule has 1 unspecified atom stereocenters. The van der Waals surface area contributed by atoms with Gasteiger partial charge in [0.15, 0.2) is 11.5 Å². The third kappa shape index (κ3) is 2.65. The van der Waals surface area contributed by atoms with E-state index in [1.54, 1.807) is 30.0 Å². The van der Waals surface area contributed by atoms with Crippen molar-refractivity contribution in [1.29, 1.82) is 0 Å². The number of amides is 4. The predicted molar refractivity (Wildman–Crippen MR) is 90.8 cm³/mol. The molecule has 138 valence electrons. The summed E-state index contributed by atoms with van der Waals surface area (Å²) in [5.74, 6) is 0.531. The molecule has 4 amide bonds. The molecule has 1 aromatic carbocycles. The van der Waals surface area contributed by atoms with Crippen LogP contribution in [0.3, 0.4) is 0 Å². The molecule has 1 N–H and O–H groups in total. The molecule has 0 aromatic heterocycles. The van der Waals surface area contributed by atoms with Crippen LogP contribution in [0.1, 0.15) is 25.3 Å². The van der Waals surface area contributed by atoms with E-state index in [9.17, 15) is 14.4 Å². The molecule has 2 fully saturated rings. The summed E-state index contributed by atoms with van der Waals surface area (Å²) in [4.78, 5) is 40.1. The lowest BCUT2D eigenvalue weighted by Crippen LogP contribution is -2.49. The molecule has 0 aliphatic carbocycles. The van der Waals surface area contributed by atoms with Gasteiger partial charge in [-0.25, -0.2) is 4.79 Å². The zero-order chi connectivity index (χ0) is 18.3. The number of imide groups is 1. The molecular weight excluding hydrogens is 338 g/mol. The van der Waals surface area contributed by atoms with Crippen LogP contribution in [-0.2, 0) is 15.1 Å². The number of carbonyl (C=O) groups excluding carboxylic acids is 3. The van der Waals surface area contributed by atoms with Gasteiger partial charge in [-0.2, -0.15) is 0 Å². The minimum absolute atomic E-state index is 0.206. The van der Waals surface area contributed by atoms with Gasteiger partial charge in [-0.15, -0.1) is 0 Å². The highest BCUT2D eigenvalue weighted by Crippen LogP contribution is 2.36. The largest absolute Gasteiger partial charge is 0.490 e. The molecule has 2 saturated heterocycles. The van der Waals surface area contributed by atoms with Crippen LogP contribution in [-0.4, -0.2) is 60.5 Å². The normalized spacial score (nSPS) is 24.8. The Labute approximate surface area is 151 Å². The molecule has 1 atom stereocenters. The third-order valence-corrected chi connectivity index (χ3v) is 5.10. The van der Waals surface area contributed by atoms with E-state index < -0.39 is 17.5 Å². The summed E-state index contributed by atoms with van der Waals surface area (Å²) in [5.41, 5.74) is -0.643. The Morgan fingerprint density at radius 3 is 2.58 bits per heavy atom. The van der Waals surface area contributed by atoms with Gasteiger partial charge < -0.3 is 19.7 Å². The number of hydrogen-bond acceptors (Lipinski definition) is 5. The summed E-state index contributed by atoms with van der Waals surface area (Å²) in [5, 5.41) is 2.72. The lowest BCUT2D eigenvalue weighted by Gasteiger charge is -2.32. The van der Waals surface area contributed by atoms with Crippen molar-refractivity contribution in [3.63, 3.8) is 0 Å². The van der Waals surface area contributed by atoms with Gasteiger partial charge in [0, 0.05) is 19.5 Å². The smallest absolute Gasteiger partial charge is 0.325 e. The first-order valence-electron chi connectivity index (χ1n) is 8.81. The maximum Gasteiger partial charge on any atom is 0.325 e. The van der Waals surface area contributed by atoms with Crippen molar-refractivity contribution in [2.45, 2.75) is 25.3 Å². The number of hydrogen-bond donors (Lipinski definition) is 1. The second-order valence-corrected chi connectivity index (χ2v) is 6.89. The second-order valence-electron chi connectivity index (χ2n) is 6.89. The van der Waals surface area contributed by atoms with E-state index in [1.807, 2.05) is 0 Å². The Kier molecular flexibility index (Phi) is 3.97. The molecule has 0 spiro atoms. The van der Waals surface area contributed by atoms with Crippen molar-refractivity contribution in [3.8, 4) is 11.5 Å². The zero-order valence-electron chi connectivity index (χ0n) is 14.6. The average Bonchev–Trinajstić information content (AvgIpc) is 2.74. The van der Waals surface area contributed by atoms with E-state index in [1.165, 1.54) is 0 Å². The Balaban J connectivity index is 1.58. The first kappa shape index (κ1) is 16.7. The van der Waals surface area contributed by atoms with Gasteiger partial charge in [0.1, 0.15) is 12.1 Å². The first-order valence-corrected chi connectivity index (χ1v) is 8.81. The zero-order valence-corrected chi connectivity index (χ0v) is 14.6. The third-order valence-electron chi connectivity index (χ3n) is 5.10. The standard InChI is InChI=1S/C18H21N3O5/c1-18(12-4-5-13-14(10-12)26-9-3-8-25-13)16(23)21(17(24)19-18)11-15(22)20-6-2-7-20/h4-5,10H,2-3,6-9,11H2,1H3,(H,19,24). The van der Waals surface area contributed by atoms with Crippen LogP contribution in [0.2, 0.25) is 0 Å². The second kappa shape index (κ2) is 6.19. The molecular formula is C18H21N3O5. The van der Waals surface area contributed by atoms with Crippen LogP contribution < -0.4 is 14.8 Å². The molecule has 8 heteroatoms. The average molecular weight is 359 g/mol. The van der Waals surface area contributed by atoms with Crippen LogP contribution in [0, 0.1) is 0 Å². The van der Waals surface area contributed by atoms with Gasteiger partial charge in [0.25, 0.3) is 5.91 Å². The summed E-state index contributed by atoms with van der Waals surface area (Å²) in [6.07, 6.45) is 1.74. The van der Waals surface area contributed by atoms with Crippen molar-refractivity contribution < 1.29 is 23.9 Å². The van der Waals surface area contributed by atoms with Gasteiger partial charge in [0.2, 0.25) is 5.91 Å². The minimum Gasteiger partial charge on any atom is -0.490 e. The fraction of sp³-hybridized carbons (Fsp3) is 0.500. The Morgan fingerprint density at radius 1 is 1.15 bits per heavy atom. The predicted octanol–water partition coefficient (Wildman–Crippen LogP) is 0.847. The quantitative estimate of drug-likeness (QED) is 0.809. The van der Waals surface area contributed by atoms with Gasteiger partial charge in [-0.1, -0.05) is 6.07 Å². The summed E-state index contributed by atoms with van der Waals surface area (Å²) in [6, 6.07) is 4.65. The topological polar surface area (TPSA) is 88.2 Å². The number of fused-ring (bicyclic) bond motifs is 1. The molecule has 0 bridgehead atoms. The Morgan fingerprint density at radius 2 is 1.88 bits per heavy atom. The van der Waals surface area contributed by atoms with Gasteiger partial charge in [-0.3, -0.25) is 14.5 Å². The number of nitrogens with zero attached hydrogens (tertiary/aromatic N) is 2. The molecule has 0 saturated carbocycles. The molecule has 4 rings (SSSR count). The number of urea groups is 1. The number of rotatable bonds is 3. The highest BCUT2D eigenvalue weighted by molar-refractivity contribution is 6.09. The van der Waals surface area contributed by atoms with Crippen molar-refractivity contribution in [2.75, 3.05) is 32.8 Å². The van der Waals surface area contributed by atoms with E-state index >= 15 is 0 Å². The van der Waals surface area contributed by atoms with E-state index in [4.69, 9.17) is 9.47 Å². The SMILES string of the molecule is CC1(c2ccc3c(c2)OCCCO3)NC(=O)N(CC(=O)N2CCC2)C1=O. The summed E-state index contributed by atoms with van der Waals surface area (Å²) >= 11 is 0. The number of likely N-dealkylation sites (tertiary alicyclic amines) is 1. The fourth-order valence-electron chi connectivity index (χ4n) is 3.31. The molecule has 3 aliphatic rings. The van der Waals surface area contributed by atoms with E-state index in [0.717, 1.165) is 17.7 Å². The van der Waals surface area contributed by atoms with E-state index in [0.29, 0.717) is 43.4 Å². The van der Waals surface area contributed by atoms with Crippen molar-refractivity contribution >= 4 is 17.8 Å². The van der Waals surface area contributed by atoms with Crippen molar-refractivity contribution in [1.82, 2.24) is 15.1 Å². The highest BCUT2D eigenvalue weighted by atomic mass is 16.5. The fourth-order valence-corrected chi connectivity index (χ4v) is 3.31. The summed E-state index contributed by atoms with van der Waals surface area (Å²) < 4.78 is 11.3. The van der Waals surface area contributed by atoms with Crippen LogP contribution in [0.5, 0.6) is 11.5 Å². The highest BCUT2D eigenvalue weighted by Gasteiger charge is 2.50. The lowest BCUT2D eigenvalue weighted by atomic mass is 9.91. The molecule has 0 radical (unpaired) electrons. The number of benzene rings is 1. The monoisotopic (exact) mass is 359 g/mol. The molecule has 3 heterocycles. The lowest BCUT2D eigenvalue weighted by molar-refractivity contribution is -0.140. The van der Waals surface area contributed by atoms with Crippen LogP contribution >= 0.6 is 0 Å². The van der Waals surface area contributed by atoms with Gasteiger partial charge in [0.05, 0.1) is 13.2 Å². The maximum absolute atomic E-state index is 12.9. The van der Waals surface area contributed by atoms with Gasteiger partial charge in [-0.05, 0) is 31.0 Å². The van der Waals surface area contributed by atoms with Crippen LogP contribution in [0.25, 0.3) is 0 Å². The van der Waals surface area contributed by atoms with Crippen LogP contribution in [0.15, 0.2) is 18.2 Å². The molecule has 8 nitrogen and oxygen atoms in total. The Hall–Kier alpha value is -2.77. The molecule has 1 aromatic rings. The molecule has 26 heavy (non-hydrogen) atoms. The summed E-state index contributed by atoms with van der Waals surface area (Å²) in [7, 11) is 0. The van der Waals surface area contributed by atoms with E-state index in [-0.39, 0.29) is 12.5 Å². The Bertz CT molecular complexity index is 776. The maximum atomic E-state index is 12.9. The van der Waals surface area contributed by atoms with Gasteiger partial charge >= 0.3 is 6.03 Å². The molecule has 3 aliphatic heterocycles. The number of carbonyl (C=O) groups is 3.